The summed E-state index contributed by atoms with van der Waals surface area (Å²) >= 11 is 5.75. The number of nitrogens with one attached hydrogen (secondary N) is 2. The molecule has 0 unspecified atom stereocenters. The Labute approximate surface area is 119 Å². The molecule has 0 aliphatic heterocycles. The van der Waals surface area contributed by atoms with Crippen molar-refractivity contribution in [3.63, 3.8) is 0 Å². The second kappa shape index (κ2) is 5.91. The second-order valence-electron chi connectivity index (χ2n) is 4.74. The summed E-state index contributed by atoms with van der Waals surface area (Å²) in [7, 11) is 0. The first-order valence-corrected chi connectivity index (χ1v) is 6.69. The molecule has 0 aromatic heterocycles. The normalized spacial score (nSPS) is 16.2. The van der Waals surface area contributed by atoms with Gasteiger partial charge in [-0.2, -0.15) is 13.2 Å². The van der Waals surface area contributed by atoms with Crippen LogP contribution in [0.3, 0.4) is 0 Å². The van der Waals surface area contributed by atoms with Gasteiger partial charge in [-0.15, -0.1) is 0 Å². The third-order valence-corrected chi connectivity index (χ3v) is 3.56. The lowest BCUT2D eigenvalue weighted by atomic mass is 10.1. The summed E-state index contributed by atoms with van der Waals surface area (Å²) in [5.41, 5.74) is -1.36. The quantitative estimate of drug-likeness (QED) is 0.834. The summed E-state index contributed by atoms with van der Waals surface area (Å²) in [6.07, 6.45) is -0.833. The highest BCUT2D eigenvalue weighted by Gasteiger charge is 2.35. The molecule has 0 heterocycles. The fourth-order valence-electron chi connectivity index (χ4n) is 2.29. The average molecular weight is 307 g/mol. The topological polar surface area (TPSA) is 41.1 Å². The van der Waals surface area contributed by atoms with Crippen molar-refractivity contribution >= 4 is 23.3 Å². The number of hydrogen-bond acceptors (Lipinski definition) is 1. The first-order chi connectivity index (χ1) is 9.38. The number of hydrogen-bond donors (Lipinski definition) is 2. The van der Waals surface area contributed by atoms with E-state index in [1.165, 1.54) is 12.1 Å². The monoisotopic (exact) mass is 306 g/mol. The molecular formula is C13H14ClF3N2O. The molecule has 1 aliphatic carbocycles. The maximum Gasteiger partial charge on any atom is 0.418 e. The molecule has 2 rings (SSSR count). The zero-order valence-corrected chi connectivity index (χ0v) is 11.3. The van der Waals surface area contributed by atoms with Gasteiger partial charge in [0.2, 0.25) is 0 Å². The molecule has 2 amide bonds. The Morgan fingerprint density at radius 2 is 1.90 bits per heavy atom. The summed E-state index contributed by atoms with van der Waals surface area (Å²) in [4.78, 5) is 11.8. The standard InChI is InChI=1S/C13H14ClF3N2O/c14-10-7-3-6-9(13(15,16)17)11(10)19-12(20)18-8-4-1-2-5-8/h3,6-8H,1-2,4-5H2,(H2,18,19,20). The highest BCUT2D eigenvalue weighted by atomic mass is 35.5. The van der Waals surface area contributed by atoms with Crippen molar-refractivity contribution in [2.45, 2.75) is 37.9 Å². The Morgan fingerprint density at radius 3 is 2.50 bits per heavy atom. The van der Waals surface area contributed by atoms with Crippen LogP contribution in [0.1, 0.15) is 31.2 Å². The Hall–Kier alpha value is -1.43. The van der Waals surface area contributed by atoms with Crippen molar-refractivity contribution in [2.24, 2.45) is 0 Å². The largest absolute Gasteiger partial charge is 0.418 e. The van der Waals surface area contributed by atoms with Crippen molar-refractivity contribution in [2.75, 3.05) is 5.32 Å². The third-order valence-electron chi connectivity index (χ3n) is 3.25. The van der Waals surface area contributed by atoms with E-state index in [-0.39, 0.29) is 11.1 Å². The first kappa shape index (κ1) is 15.0. The molecule has 1 aromatic rings. The van der Waals surface area contributed by atoms with E-state index < -0.39 is 23.5 Å². The highest BCUT2D eigenvalue weighted by Crippen LogP contribution is 2.38. The fraction of sp³-hybridized carbons (Fsp3) is 0.462. The van der Waals surface area contributed by atoms with Crippen LogP contribution in [0.15, 0.2) is 18.2 Å². The van der Waals surface area contributed by atoms with E-state index in [0.717, 1.165) is 31.7 Å². The van der Waals surface area contributed by atoms with E-state index in [1.807, 2.05) is 0 Å². The SMILES string of the molecule is O=C(Nc1c(Cl)cccc1C(F)(F)F)NC1CCCC1. The van der Waals surface area contributed by atoms with Crippen molar-refractivity contribution < 1.29 is 18.0 Å². The van der Waals surface area contributed by atoms with Gasteiger partial charge in [-0.05, 0) is 25.0 Å². The van der Waals surface area contributed by atoms with Crippen LogP contribution in [0.2, 0.25) is 5.02 Å². The van der Waals surface area contributed by atoms with E-state index in [0.29, 0.717) is 0 Å². The minimum absolute atomic E-state index is 0.0202. The summed E-state index contributed by atoms with van der Waals surface area (Å²) in [5, 5.41) is 4.73. The van der Waals surface area contributed by atoms with Gasteiger partial charge in [-0.1, -0.05) is 30.5 Å². The van der Waals surface area contributed by atoms with Gasteiger partial charge in [-0.25, -0.2) is 4.79 Å². The van der Waals surface area contributed by atoms with E-state index >= 15 is 0 Å². The lowest BCUT2D eigenvalue weighted by Gasteiger charge is -2.17. The van der Waals surface area contributed by atoms with Crippen molar-refractivity contribution in [3.8, 4) is 0 Å². The van der Waals surface area contributed by atoms with E-state index in [1.54, 1.807) is 0 Å². The molecule has 0 radical (unpaired) electrons. The van der Waals surface area contributed by atoms with Gasteiger partial charge in [0.25, 0.3) is 0 Å². The second-order valence-corrected chi connectivity index (χ2v) is 5.15. The lowest BCUT2D eigenvalue weighted by molar-refractivity contribution is -0.136. The van der Waals surface area contributed by atoms with E-state index in [9.17, 15) is 18.0 Å². The molecule has 7 heteroatoms. The maximum absolute atomic E-state index is 12.9. The van der Waals surface area contributed by atoms with Gasteiger partial charge in [0, 0.05) is 6.04 Å². The zero-order chi connectivity index (χ0) is 14.8. The van der Waals surface area contributed by atoms with Crippen LogP contribution >= 0.6 is 11.6 Å². The summed E-state index contributed by atoms with van der Waals surface area (Å²) in [5.74, 6) is 0. The molecule has 2 N–H and O–H groups in total. The third kappa shape index (κ3) is 3.56. The van der Waals surface area contributed by atoms with Crippen LogP contribution in [0.5, 0.6) is 0 Å². The highest BCUT2D eigenvalue weighted by molar-refractivity contribution is 6.33. The molecule has 1 saturated carbocycles. The number of halogens is 4. The van der Waals surface area contributed by atoms with E-state index in [2.05, 4.69) is 10.6 Å². The first-order valence-electron chi connectivity index (χ1n) is 6.31. The summed E-state index contributed by atoms with van der Waals surface area (Å²) < 4.78 is 38.6. The Morgan fingerprint density at radius 1 is 1.25 bits per heavy atom. The van der Waals surface area contributed by atoms with Crippen LogP contribution < -0.4 is 10.6 Å². The minimum atomic E-state index is -4.57. The predicted molar refractivity (Wildman–Crippen MR) is 70.9 cm³/mol. The fourth-order valence-corrected chi connectivity index (χ4v) is 2.51. The molecule has 0 saturated heterocycles. The summed E-state index contributed by atoms with van der Waals surface area (Å²) in [6.45, 7) is 0. The van der Waals surface area contributed by atoms with Crippen LogP contribution in [0.25, 0.3) is 0 Å². The number of urea groups is 1. The van der Waals surface area contributed by atoms with Crippen LogP contribution in [-0.4, -0.2) is 12.1 Å². The predicted octanol–water partition coefficient (Wildman–Crippen LogP) is 4.42. The van der Waals surface area contributed by atoms with Crippen LogP contribution in [0.4, 0.5) is 23.7 Å². The van der Waals surface area contributed by atoms with Gasteiger partial charge in [0.05, 0.1) is 16.3 Å². The van der Waals surface area contributed by atoms with Crippen LogP contribution in [0, 0.1) is 0 Å². The number of benzene rings is 1. The lowest BCUT2D eigenvalue weighted by Crippen LogP contribution is -2.36. The maximum atomic E-state index is 12.9. The molecular weight excluding hydrogens is 293 g/mol. The van der Waals surface area contributed by atoms with Crippen LogP contribution in [-0.2, 0) is 6.18 Å². The van der Waals surface area contributed by atoms with Gasteiger partial charge in [0.15, 0.2) is 0 Å². The number of para-hydroxylation sites is 1. The molecule has 0 bridgehead atoms. The number of carbonyl (C=O) groups is 1. The van der Waals surface area contributed by atoms with Gasteiger partial charge < -0.3 is 10.6 Å². The average Bonchev–Trinajstić information content (AvgIpc) is 2.83. The molecule has 0 atom stereocenters. The number of carbonyl (C=O) groups excluding carboxylic acids is 1. The van der Waals surface area contributed by atoms with Crippen molar-refractivity contribution in [1.29, 1.82) is 0 Å². The molecule has 1 fully saturated rings. The van der Waals surface area contributed by atoms with Gasteiger partial charge >= 0.3 is 12.2 Å². The number of rotatable bonds is 2. The molecule has 110 valence electrons. The minimum Gasteiger partial charge on any atom is -0.335 e. The van der Waals surface area contributed by atoms with Gasteiger partial charge in [-0.3, -0.25) is 0 Å². The molecule has 3 nitrogen and oxygen atoms in total. The van der Waals surface area contributed by atoms with E-state index in [4.69, 9.17) is 11.6 Å². The Balaban J connectivity index is 2.13. The Bertz CT molecular complexity index is 499. The number of anilines is 1. The molecule has 20 heavy (non-hydrogen) atoms. The van der Waals surface area contributed by atoms with Crippen molar-refractivity contribution in [3.05, 3.63) is 28.8 Å². The smallest absolute Gasteiger partial charge is 0.335 e. The number of alkyl halides is 3. The van der Waals surface area contributed by atoms with Gasteiger partial charge in [0.1, 0.15) is 0 Å². The molecule has 0 spiro atoms. The van der Waals surface area contributed by atoms with Crippen molar-refractivity contribution in [1.82, 2.24) is 5.32 Å². The Kier molecular flexibility index (Phi) is 4.42. The molecule has 1 aliphatic rings. The molecule has 1 aromatic carbocycles. The number of amides is 2. The zero-order valence-electron chi connectivity index (χ0n) is 10.6. The summed E-state index contributed by atoms with van der Waals surface area (Å²) in [6, 6.07) is 2.76.